The second-order valence-electron chi connectivity index (χ2n) is 4.14. The Hall–Kier alpha value is -1.95. The molecule has 0 fully saturated rings. The Labute approximate surface area is 117 Å². The molecule has 0 aliphatic heterocycles. The van der Waals surface area contributed by atoms with Gasteiger partial charge in [0.25, 0.3) is 0 Å². The van der Waals surface area contributed by atoms with Gasteiger partial charge in [-0.1, -0.05) is 19.1 Å². The van der Waals surface area contributed by atoms with Crippen LogP contribution < -0.4 is 5.32 Å². The normalized spacial score (nSPS) is 10.4. The number of nitrogens with one attached hydrogen (secondary N) is 1. The van der Waals surface area contributed by atoms with Gasteiger partial charge in [-0.15, -0.1) is 0 Å². The molecule has 0 unspecified atom stereocenters. The first kappa shape index (κ1) is 16.1. The predicted molar refractivity (Wildman–Crippen MR) is 73.8 cm³/mol. The van der Waals surface area contributed by atoms with E-state index < -0.39 is 5.82 Å². The average Bonchev–Trinajstić information content (AvgIpc) is 2.41. The molecule has 110 valence electrons. The number of hydrogen-bond donors (Lipinski definition) is 1. The van der Waals surface area contributed by atoms with Gasteiger partial charge in [0.15, 0.2) is 0 Å². The van der Waals surface area contributed by atoms with Crippen LogP contribution in [0.1, 0.15) is 13.8 Å². The highest BCUT2D eigenvalue weighted by Gasteiger charge is 2.14. The Morgan fingerprint density at radius 1 is 1.25 bits per heavy atom. The maximum Gasteiger partial charge on any atom is 0.320 e. The third kappa shape index (κ3) is 5.36. The summed E-state index contributed by atoms with van der Waals surface area (Å²) in [6.07, 6.45) is 0. The van der Waals surface area contributed by atoms with Crippen molar-refractivity contribution in [1.82, 2.24) is 4.90 Å². The van der Waals surface area contributed by atoms with Crippen LogP contribution in [0.25, 0.3) is 0 Å². The van der Waals surface area contributed by atoms with Gasteiger partial charge in [-0.2, -0.15) is 0 Å². The number of hydrogen-bond acceptors (Lipinski definition) is 4. The third-order valence-corrected chi connectivity index (χ3v) is 2.62. The van der Waals surface area contributed by atoms with E-state index in [0.29, 0.717) is 13.2 Å². The van der Waals surface area contributed by atoms with Crippen molar-refractivity contribution in [1.29, 1.82) is 0 Å². The molecule has 1 amide bonds. The number of nitrogens with zero attached hydrogens (tertiary/aromatic N) is 1. The quantitative estimate of drug-likeness (QED) is 0.773. The second-order valence-corrected chi connectivity index (χ2v) is 4.14. The molecule has 0 aliphatic carbocycles. The van der Waals surface area contributed by atoms with Gasteiger partial charge in [0, 0.05) is 0 Å². The minimum atomic E-state index is -0.491. The lowest BCUT2D eigenvalue weighted by Gasteiger charge is -2.18. The Morgan fingerprint density at radius 3 is 2.55 bits per heavy atom. The van der Waals surface area contributed by atoms with Crippen LogP contribution in [0.5, 0.6) is 0 Å². The van der Waals surface area contributed by atoms with Gasteiger partial charge in [-0.05, 0) is 25.6 Å². The van der Waals surface area contributed by atoms with Crippen LogP contribution in [0.2, 0.25) is 0 Å². The first-order chi connectivity index (χ1) is 9.56. The Balaban J connectivity index is 2.51. The molecule has 0 heterocycles. The molecule has 0 saturated carbocycles. The molecule has 0 spiro atoms. The van der Waals surface area contributed by atoms with E-state index in [-0.39, 0.29) is 30.7 Å². The van der Waals surface area contributed by atoms with E-state index in [2.05, 4.69) is 5.32 Å². The van der Waals surface area contributed by atoms with Gasteiger partial charge in [-0.3, -0.25) is 14.5 Å². The van der Waals surface area contributed by atoms with Gasteiger partial charge in [0.2, 0.25) is 5.91 Å². The number of likely N-dealkylation sites (N-methyl/N-ethyl adjacent to an activating group) is 1. The Bertz CT molecular complexity index is 465. The summed E-state index contributed by atoms with van der Waals surface area (Å²) in [6.45, 7) is 4.41. The fourth-order valence-electron chi connectivity index (χ4n) is 1.62. The molecule has 1 N–H and O–H groups in total. The van der Waals surface area contributed by atoms with E-state index in [1.54, 1.807) is 24.0 Å². The SMILES string of the molecule is CCOC(=O)CN(CC)CC(=O)Nc1ccccc1F. The summed E-state index contributed by atoms with van der Waals surface area (Å²) in [5, 5.41) is 2.47. The van der Waals surface area contributed by atoms with Crippen LogP contribution in [-0.4, -0.2) is 43.0 Å². The lowest BCUT2D eigenvalue weighted by atomic mass is 10.3. The number of halogens is 1. The molecular weight excluding hydrogens is 263 g/mol. The maximum atomic E-state index is 13.4. The molecule has 1 aromatic rings. The molecule has 0 atom stereocenters. The van der Waals surface area contributed by atoms with E-state index in [9.17, 15) is 14.0 Å². The summed E-state index contributed by atoms with van der Waals surface area (Å²) < 4.78 is 18.2. The third-order valence-electron chi connectivity index (χ3n) is 2.62. The van der Waals surface area contributed by atoms with E-state index in [1.807, 2.05) is 6.92 Å². The van der Waals surface area contributed by atoms with Gasteiger partial charge in [0.05, 0.1) is 25.4 Å². The van der Waals surface area contributed by atoms with Crippen LogP contribution in [0.4, 0.5) is 10.1 Å². The number of esters is 1. The van der Waals surface area contributed by atoms with Crippen molar-refractivity contribution >= 4 is 17.6 Å². The van der Waals surface area contributed by atoms with Crippen molar-refractivity contribution in [2.24, 2.45) is 0 Å². The van der Waals surface area contributed by atoms with Gasteiger partial charge in [-0.25, -0.2) is 4.39 Å². The highest BCUT2D eigenvalue weighted by Crippen LogP contribution is 2.12. The van der Waals surface area contributed by atoms with Crippen LogP contribution in [0, 0.1) is 5.82 Å². The van der Waals surface area contributed by atoms with Crippen molar-refractivity contribution in [2.45, 2.75) is 13.8 Å². The number of benzene rings is 1. The molecular formula is C14H19FN2O3. The highest BCUT2D eigenvalue weighted by molar-refractivity contribution is 5.92. The average molecular weight is 282 g/mol. The van der Waals surface area contributed by atoms with Crippen molar-refractivity contribution in [3.05, 3.63) is 30.1 Å². The topological polar surface area (TPSA) is 58.6 Å². The number of para-hydroxylation sites is 1. The molecule has 6 heteroatoms. The molecule has 0 bridgehead atoms. The van der Waals surface area contributed by atoms with Crippen LogP contribution in [-0.2, 0) is 14.3 Å². The zero-order valence-electron chi connectivity index (χ0n) is 11.7. The summed E-state index contributed by atoms with van der Waals surface area (Å²) >= 11 is 0. The van der Waals surface area contributed by atoms with E-state index in [0.717, 1.165) is 0 Å². The molecule has 0 radical (unpaired) electrons. The first-order valence-electron chi connectivity index (χ1n) is 6.49. The number of carbonyl (C=O) groups is 2. The summed E-state index contributed by atoms with van der Waals surface area (Å²) in [5.41, 5.74) is 0.129. The summed E-state index contributed by atoms with van der Waals surface area (Å²) in [5.74, 6) is -1.25. The van der Waals surface area contributed by atoms with Gasteiger partial charge in [0.1, 0.15) is 5.82 Å². The lowest BCUT2D eigenvalue weighted by molar-refractivity contribution is -0.144. The summed E-state index contributed by atoms with van der Waals surface area (Å²) in [6, 6.07) is 5.93. The molecule has 0 aromatic heterocycles. The zero-order chi connectivity index (χ0) is 15.0. The summed E-state index contributed by atoms with van der Waals surface area (Å²) in [7, 11) is 0. The van der Waals surface area contributed by atoms with Crippen molar-refractivity contribution in [2.75, 3.05) is 31.6 Å². The zero-order valence-corrected chi connectivity index (χ0v) is 11.7. The fourth-order valence-corrected chi connectivity index (χ4v) is 1.62. The van der Waals surface area contributed by atoms with Crippen molar-refractivity contribution in [3.8, 4) is 0 Å². The minimum Gasteiger partial charge on any atom is -0.465 e. The van der Waals surface area contributed by atoms with E-state index in [4.69, 9.17) is 4.74 Å². The molecule has 20 heavy (non-hydrogen) atoms. The van der Waals surface area contributed by atoms with Crippen LogP contribution >= 0.6 is 0 Å². The predicted octanol–water partition coefficient (Wildman–Crippen LogP) is 1.65. The number of rotatable bonds is 7. The largest absolute Gasteiger partial charge is 0.465 e. The van der Waals surface area contributed by atoms with Gasteiger partial charge >= 0.3 is 5.97 Å². The molecule has 5 nitrogen and oxygen atoms in total. The van der Waals surface area contributed by atoms with E-state index >= 15 is 0 Å². The highest BCUT2D eigenvalue weighted by atomic mass is 19.1. The maximum absolute atomic E-state index is 13.4. The fraction of sp³-hybridized carbons (Fsp3) is 0.429. The molecule has 1 rings (SSSR count). The monoisotopic (exact) mass is 282 g/mol. The molecule has 0 saturated heterocycles. The minimum absolute atomic E-state index is 0.00362. The standard InChI is InChI=1S/C14H19FN2O3/c1-3-17(10-14(19)20-4-2)9-13(18)16-12-8-6-5-7-11(12)15/h5-8H,3-4,9-10H2,1-2H3,(H,16,18). The molecule has 1 aromatic carbocycles. The molecule has 0 aliphatic rings. The number of amides is 1. The van der Waals surface area contributed by atoms with Gasteiger partial charge < -0.3 is 10.1 Å². The second kappa shape index (κ2) is 8.27. The number of anilines is 1. The van der Waals surface area contributed by atoms with E-state index in [1.165, 1.54) is 12.1 Å². The van der Waals surface area contributed by atoms with Crippen LogP contribution in [0.3, 0.4) is 0 Å². The van der Waals surface area contributed by atoms with Crippen molar-refractivity contribution < 1.29 is 18.7 Å². The van der Waals surface area contributed by atoms with Crippen molar-refractivity contribution in [3.63, 3.8) is 0 Å². The van der Waals surface area contributed by atoms with Crippen LogP contribution in [0.15, 0.2) is 24.3 Å². The smallest absolute Gasteiger partial charge is 0.320 e. The summed E-state index contributed by atoms with van der Waals surface area (Å²) in [4.78, 5) is 24.8. The first-order valence-corrected chi connectivity index (χ1v) is 6.49. The Morgan fingerprint density at radius 2 is 1.95 bits per heavy atom. The number of ether oxygens (including phenoxy) is 1. The lowest BCUT2D eigenvalue weighted by Crippen LogP contribution is -2.37. The Kier molecular flexibility index (Phi) is 6.66. The number of carbonyl (C=O) groups excluding carboxylic acids is 2.